The maximum absolute atomic E-state index is 12.9. The van der Waals surface area contributed by atoms with E-state index in [0.717, 1.165) is 12.1 Å². The van der Waals surface area contributed by atoms with Gasteiger partial charge in [0.2, 0.25) is 0 Å². The van der Waals surface area contributed by atoms with E-state index in [1.807, 2.05) is 0 Å². The summed E-state index contributed by atoms with van der Waals surface area (Å²) in [4.78, 5) is 11.2. The van der Waals surface area contributed by atoms with Crippen molar-refractivity contribution in [3.63, 3.8) is 0 Å². The molecule has 1 nitrogen and oxygen atoms in total. The molecule has 0 N–H and O–H groups in total. The van der Waals surface area contributed by atoms with Gasteiger partial charge in [-0.1, -0.05) is 15.9 Å². The average molecular weight is 249 g/mol. The minimum absolute atomic E-state index is 0.0548. The summed E-state index contributed by atoms with van der Waals surface area (Å²) in [5.74, 6) is -1.80. The maximum Gasteiger partial charge on any atom is 0.166 e. The van der Waals surface area contributed by atoms with Gasteiger partial charge >= 0.3 is 0 Å². The first-order valence-electron chi connectivity index (χ1n) is 3.69. The van der Waals surface area contributed by atoms with Gasteiger partial charge < -0.3 is 0 Å². The fourth-order valence-electron chi connectivity index (χ4n) is 0.936. The summed E-state index contributed by atoms with van der Waals surface area (Å²) in [5, 5.41) is 0.475. The molecule has 0 atom stereocenters. The van der Waals surface area contributed by atoms with E-state index in [0.29, 0.717) is 11.4 Å². The Morgan fingerprint density at radius 2 is 2.08 bits per heavy atom. The molecule has 0 aliphatic heterocycles. The highest BCUT2D eigenvalue weighted by Crippen LogP contribution is 2.12. The third-order valence-corrected chi connectivity index (χ3v) is 1.95. The van der Waals surface area contributed by atoms with E-state index in [1.165, 1.54) is 0 Å². The highest BCUT2D eigenvalue weighted by Gasteiger charge is 2.10. The van der Waals surface area contributed by atoms with Crippen molar-refractivity contribution in [3.8, 4) is 0 Å². The van der Waals surface area contributed by atoms with Crippen LogP contribution in [0.1, 0.15) is 16.8 Å². The van der Waals surface area contributed by atoms with Crippen LogP contribution in [0.4, 0.5) is 8.78 Å². The lowest BCUT2D eigenvalue weighted by atomic mass is 10.1. The Morgan fingerprint density at radius 1 is 1.38 bits per heavy atom. The van der Waals surface area contributed by atoms with Crippen LogP contribution >= 0.6 is 15.9 Å². The molecule has 0 aliphatic rings. The van der Waals surface area contributed by atoms with Crippen LogP contribution in [0.3, 0.4) is 0 Å². The second-order valence-corrected chi connectivity index (χ2v) is 3.28. The number of carbonyl (C=O) groups is 1. The third kappa shape index (κ3) is 2.59. The Morgan fingerprint density at radius 3 is 2.62 bits per heavy atom. The lowest BCUT2D eigenvalue weighted by Crippen LogP contribution is -2.03. The van der Waals surface area contributed by atoms with Crippen molar-refractivity contribution in [3.05, 3.63) is 35.4 Å². The first kappa shape index (κ1) is 10.3. The smallest absolute Gasteiger partial charge is 0.166 e. The number of halogens is 3. The molecule has 0 bridgehead atoms. The largest absolute Gasteiger partial charge is 0.294 e. The van der Waals surface area contributed by atoms with Crippen molar-refractivity contribution in [2.75, 3.05) is 5.33 Å². The van der Waals surface area contributed by atoms with E-state index in [1.54, 1.807) is 0 Å². The summed E-state index contributed by atoms with van der Waals surface area (Å²) in [5.41, 5.74) is -0.0548. The predicted octanol–water partition coefficient (Wildman–Crippen LogP) is 2.93. The lowest BCUT2D eigenvalue weighted by Gasteiger charge is -1.99. The zero-order valence-electron chi connectivity index (χ0n) is 6.69. The van der Waals surface area contributed by atoms with Crippen LogP contribution in [0, 0.1) is 11.6 Å². The van der Waals surface area contributed by atoms with Gasteiger partial charge in [0.1, 0.15) is 11.6 Å². The molecular weight excluding hydrogens is 242 g/mol. The number of hydrogen-bond acceptors (Lipinski definition) is 1. The van der Waals surface area contributed by atoms with Gasteiger partial charge in [0.05, 0.1) is 5.56 Å². The van der Waals surface area contributed by atoms with Crippen molar-refractivity contribution < 1.29 is 13.6 Å². The monoisotopic (exact) mass is 248 g/mol. The van der Waals surface area contributed by atoms with Gasteiger partial charge in [-0.2, -0.15) is 0 Å². The van der Waals surface area contributed by atoms with Crippen LogP contribution in [0.2, 0.25) is 0 Å². The number of Topliss-reactive ketones (excluding diaryl/α,β-unsaturated/α-hetero) is 1. The molecule has 0 aromatic heterocycles. The maximum atomic E-state index is 12.9. The SMILES string of the molecule is O=C(CCBr)c1ccc(F)cc1F. The van der Waals surface area contributed by atoms with E-state index in [-0.39, 0.29) is 17.8 Å². The highest BCUT2D eigenvalue weighted by molar-refractivity contribution is 9.09. The highest BCUT2D eigenvalue weighted by atomic mass is 79.9. The molecule has 0 saturated heterocycles. The first-order valence-corrected chi connectivity index (χ1v) is 4.81. The Labute approximate surface area is 82.9 Å². The molecule has 13 heavy (non-hydrogen) atoms. The number of ketones is 1. The van der Waals surface area contributed by atoms with Crippen molar-refractivity contribution in [1.82, 2.24) is 0 Å². The van der Waals surface area contributed by atoms with E-state index in [2.05, 4.69) is 15.9 Å². The van der Waals surface area contributed by atoms with Gasteiger partial charge in [-0.25, -0.2) is 8.78 Å². The number of alkyl halides is 1. The Kier molecular flexibility index (Phi) is 3.54. The van der Waals surface area contributed by atoms with Crippen LogP contribution in [-0.4, -0.2) is 11.1 Å². The van der Waals surface area contributed by atoms with E-state index < -0.39 is 11.6 Å². The molecule has 0 unspecified atom stereocenters. The van der Waals surface area contributed by atoms with Crippen molar-refractivity contribution in [2.24, 2.45) is 0 Å². The Balaban J connectivity index is 2.95. The third-order valence-electron chi connectivity index (χ3n) is 1.55. The molecule has 0 aliphatic carbocycles. The zero-order chi connectivity index (χ0) is 9.84. The molecule has 0 heterocycles. The van der Waals surface area contributed by atoms with E-state index in [4.69, 9.17) is 0 Å². The first-order chi connectivity index (χ1) is 6.15. The summed E-state index contributed by atoms with van der Waals surface area (Å²) in [6.07, 6.45) is 0.211. The predicted molar refractivity (Wildman–Crippen MR) is 49.1 cm³/mol. The van der Waals surface area contributed by atoms with Gasteiger partial charge in [0, 0.05) is 17.8 Å². The molecule has 0 fully saturated rings. The van der Waals surface area contributed by atoms with Crippen molar-refractivity contribution in [2.45, 2.75) is 6.42 Å². The normalized spacial score (nSPS) is 10.1. The minimum atomic E-state index is -0.800. The van der Waals surface area contributed by atoms with Crippen LogP contribution in [0.5, 0.6) is 0 Å². The molecule has 0 saturated carbocycles. The number of hydrogen-bond donors (Lipinski definition) is 0. The zero-order valence-corrected chi connectivity index (χ0v) is 8.27. The standard InChI is InChI=1S/C9H7BrF2O/c10-4-3-9(13)7-2-1-6(11)5-8(7)12/h1-2,5H,3-4H2. The Bertz CT molecular complexity index is 325. The van der Waals surface area contributed by atoms with Gasteiger partial charge in [-0.3, -0.25) is 4.79 Å². The topological polar surface area (TPSA) is 17.1 Å². The minimum Gasteiger partial charge on any atom is -0.294 e. The van der Waals surface area contributed by atoms with Gasteiger partial charge in [-0.05, 0) is 12.1 Å². The molecular formula is C9H7BrF2O. The summed E-state index contributed by atoms with van der Waals surface area (Å²) < 4.78 is 25.4. The average Bonchev–Trinajstić information content (AvgIpc) is 2.04. The second-order valence-electron chi connectivity index (χ2n) is 2.49. The van der Waals surface area contributed by atoms with Gasteiger partial charge in [0.15, 0.2) is 5.78 Å². The molecule has 1 rings (SSSR count). The van der Waals surface area contributed by atoms with Crippen LogP contribution in [-0.2, 0) is 0 Å². The molecule has 0 amide bonds. The van der Waals surface area contributed by atoms with Gasteiger partial charge in [0.25, 0.3) is 0 Å². The second kappa shape index (κ2) is 4.46. The van der Waals surface area contributed by atoms with Crippen molar-refractivity contribution >= 4 is 21.7 Å². The van der Waals surface area contributed by atoms with E-state index in [9.17, 15) is 13.6 Å². The molecule has 70 valence electrons. The lowest BCUT2D eigenvalue weighted by molar-refractivity contribution is 0.0986. The number of benzene rings is 1. The molecule has 1 aromatic carbocycles. The Hall–Kier alpha value is -0.770. The number of carbonyl (C=O) groups excluding carboxylic acids is 1. The van der Waals surface area contributed by atoms with Crippen LogP contribution in [0.25, 0.3) is 0 Å². The molecule has 0 radical (unpaired) electrons. The summed E-state index contributed by atoms with van der Waals surface area (Å²) in [6.45, 7) is 0. The van der Waals surface area contributed by atoms with E-state index >= 15 is 0 Å². The molecule has 1 aromatic rings. The van der Waals surface area contributed by atoms with Crippen LogP contribution in [0.15, 0.2) is 18.2 Å². The summed E-state index contributed by atoms with van der Waals surface area (Å²) in [7, 11) is 0. The van der Waals surface area contributed by atoms with Gasteiger partial charge in [-0.15, -0.1) is 0 Å². The fraction of sp³-hybridized carbons (Fsp3) is 0.222. The summed E-state index contributed by atoms with van der Waals surface area (Å²) in [6, 6.07) is 2.95. The van der Waals surface area contributed by atoms with Crippen molar-refractivity contribution in [1.29, 1.82) is 0 Å². The van der Waals surface area contributed by atoms with Crippen LogP contribution < -0.4 is 0 Å². The fourth-order valence-corrected chi connectivity index (χ4v) is 1.30. The quantitative estimate of drug-likeness (QED) is 0.594. The molecule has 4 heteroatoms. The number of rotatable bonds is 3. The summed E-state index contributed by atoms with van der Waals surface area (Å²) >= 11 is 3.07. The molecule has 0 spiro atoms.